The summed E-state index contributed by atoms with van der Waals surface area (Å²) in [5, 5.41) is 8.98. The Balaban J connectivity index is 2.64. The van der Waals surface area contributed by atoms with Gasteiger partial charge in [-0.2, -0.15) is 17.4 Å². The minimum atomic E-state index is -3.57. The molecule has 7 heteroatoms. The highest BCUT2D eigenvalue weighted by Gasteiger charge is 2.32. The molecule has 0 aromatic rings. The molecule has 0 saturated carbocycles. The fourth-order valence-corrected chi connectivity index (χ4v) is 3.95. The minimum absolute atomic E-state index is 0.0685. The van der Waals surface area contributed by atoms with Crippen LogP contribution in [0.5, 0.6) is 0 Å². The van der Waals surface area contributed by atoms with Crippen LogP contribution in [0.25, 0.3) is 0 Å². The molecule has 112 valence electrons. The van der Waals surface area contributed by atoms with Gasteiger partial charge in [-0.05, 0) is 32.1 Å². The Bertz CT molecular complexity index is 408. The molecule has 0 radical (unpaired) electrons. The van der Waals surface area contributed by atoms with E-state index in [1.165, 1.54) is 4.31 Å². The smallest absolute Gasteiger partial charge is 0.307 e. The van der Waals surface area contributed by atoms with Gasteiger partial charge in [0.1, 0.15) is 0 Å². The zero-order valence-electron chi connectivity index (χ0n) is 11.8. The van der Waals surface area contributed by atoms with E-state index in [1.54, 1.807) is 0 Å². The first-order chi connectivity index (χ1) is 8.72. The van der Waals surface area contributed by atoms with E-state index in [-0.39, 0.29) is 12.6 Å². The quantitative estimate of drug-likeness (QED) is 0.766. The molecule has 2 atom stereocenters. The Labute approximate surface area is 115 Å². The molecule has 2 N–H and O–H groups in total. The molecular formula is C12H24N2O4S. The fraction of sp³-hybridized carbons (Fsp3) is 0.917. The maximum atomic E-state index is 12.2. The number of carboxylic acid groups (broad SMARTS) is 1. The molecule has 6 nitrogen and oxygen atoms in total. The normalized spacial score (nSPS) is 23.5. The Morgan fingerprint density at radius 3 is 2.58 bits per heavy atom. The van der Waals surface area contributed by atoms with E-state index in [0.29, 0.717) is 25.3 Å². The van der Waals surface area contributed by atoms with Gasteiger partial charge in [-0.25, -0.2) is 0 Å². The van der Waals surface area contributed by atoms with Crippen LogP contribution < -0.4 is 4.72 Å². The molecule has 1 saturated heterocycles. The third-order valence-electron chi connectivity index (χ3n) is 3.25. The van der Waals surface area contributed by atoms with Gasteiger partial charge in [-0.3, -0.25) is 4.79 Å². The number of carbonyl (C=O) groups is 1. The lowest BCUT2D eigenvalue weighted by atomic mass is 10.0. The number of piperidine rings is 1. The number of rotatable bonds is 6. The molecule has 1 heterocycles. The van der Waals surface area contributed by atoms with Gasteiger partial charge in [0.2, 0.25) is 0 Å². The van der Waals surface area contributed by atoms with E-state index in [4.69, 9.17) is 5.11 Å². The molecule has 1 fully saturated rings. The van der Waals surface area contributed by atoms with Gasteiger partial charge in [0.25, 0.3) is 10.2 Å². The highest BCUT2D eigenvalue weighted by Crippen LogP contribution is 2.19. The first-order valence-electron chi connectivity index (χ1n) is 6.72. The van der Waals surface area contributed by atoms with Crippen molar-refractivity contribution in [3.63, 3.8) is 0 Å². The average Bonchev–Trinajstić information content (AvgIpc) is 2.27. The molecular weight excluding hydrogens is 268 g/mol. The third kappa shape index (κ3) is 5.08. The molecule has 0 aromatic heterocycles. The summed E-state index contributed by atoms with van der Waals surface area (Å²) in [6, 6.07) is -0.143. The van der Waals surface area contributed by atoms with Crippen LogP contribution in [0.2, 0.25) is 0 Å². The highest BCUT2D eigenvalue weighted by atomic mass is 32.2. The van der Waals surface area contributed by atoms with Crippen molar-refractivity contribution >= 4 is 16.2 Å². The summed E-state index contributed by atoms with van der Waals surface area (Å²) in [6.45, 7) is 6.36. The number of nitrogens with zero attached hydrogens (tertiary/aromatic N) is 1. The fourth-order valence-electron chi connectivity index (χ4n) is 2.45. The second kappa shape index (κ2) is 6.67. The topological polar surface area (TPSA) is 86.7 Å². The van der Waals surface area contributed by atoms with E-state index < -0.39 is 22.1 Å². The van der Waals surface area contributed by atoms with E-state index in [0.717, 1.165) is 6.42 Å². The standard InChI is InChI=1S/C12H24N2O4S/c1-9(2)7-10(3)13-19(17,18)14-6-4-5-11(8-14)12(15)16/h9-11,13H,4-8H2,1-3H3,(H,15,16). The van der Waals surface area contributed by atoms with Crippen LogP contribution in [0.3, 0.4) is 0 Å². The maximum Gasteiger partial charge on any atom is 0.307 e. The van der Waals surface area contributed by atoms with E-state index in [1.807, 2.05) is 20.8 Å². The van der Waals surface area contributed by atoms with Gasteiger partial charge in [0.05, 0.1) is 5.92 Å². The van der Waals surface area contributed by atoms with Crippen LogP contribution in [-0.2, 0) is 15.0 Å². The maximum absolute atomic E-state index is 12.2. The number of carboxylic acids is 1. The summed E-state index contributed by atoms with van der Waals surface area (Å²) < 4.78 is 28.2. The van der Waals surface area contributed by atoms with Crippen molar-refractivity contribution in [1.29, 1.82) is 0 Å². The molecule has 19 heavy (non-hydrogen) atoms. The Hall–Kier alpha value is -0.660. The predicted molar refractivity (Wildman–Crippen MR) is 72.9 cm³/mol. The summed E-state index contributed by atoms with van der Waals surface area (Å²) in [7, 11) is -3.57. The molecule has 1 aliphatic heterocycles. The molecule has 0 aromatic carbocycles. The number of hydrogen-bond acceptors (Lipinski definition) is 3. The van der Waals surface area contributed by atoms with Crippen LogP contribution >= 0.6 is 0 Å². The Morgan fingerprint density at radius 2 is 2.05 bits per heavy atom. The van der Waals surface area contributed by atoms with Crippen LogP contribution in [0, 0.1) is 11.8 Å². The number of hydrogen-bond donors (Lipinski definition) is 2. The van der Waals surface area contributed by atoms with Crippen LogP contribution in [0.15, 0.2) is 0 Å². The lowest BCUT2D eigenvalue weighted by Gasteiger charge is -2.31. The van der Waals surface area contributed by atoms with Crippen molar-refractivity contribution in [3.8, 4) is 0 Å². The molecule has 1 rings (SSSR count). The summed E-state index contributed by atoms with van der Waals surface area (Å²) in [6.07, 6.45) is 1.90. The van der Waals surface area contributed by atoms with Gasteiger partial charge in [0.15, 0.2) is 0 Å². The van der Waals surface area contributed by atoms with Crippen LogP contribution in [0.4, 0.5) is 0 Å². The first-order valence-corrected chi connectivity index (χ1v) is 8.16. The highest BCUT2D eigenvalue weighted by molar-refractivity contribution is 7.87. The average molecular weight is 292 g/mol. The van der Waals surface area contributed by atoms with Crippen molar-refractivity contribution in [1.82, 2.24) is 9.03 Å². The zero-order valence-corrected chi connectivity index (χ0v) is 12.6. The van der Waals surface area contributed by atoms with Crippen molar-refractivity contribution in [2.75, 3.05) is 13.1 Å². The summed E-state index contributed by atoms with van der Waals surface area (Å²) in [4.78, 5) is 11.0. The van der Waals surface area contributed by atoms with Crippen molar-refractivity contribution in [2.45, 2.75) is 46.1 Å². The SMILES string of the molecule is CC(C)CC(C)NS(=O)(=O)N1CCCC(C(=O)O)C1. The van der Waals surface area contributed by atoms with Crippen LogP contribution in [0.1, 0.15) is 40.0 Å². The number of aliphatic carboxylic acids is 1. The van der Waals surface area contributed by atoms with Crippen LogP contribution in [-0.4, -0.2) is 42.9 Å². The van der Waals surface area contributed by atoms with Crippen molar-refractivity contribution in [2.24, 2.45) is 11.8 Å². The summed E-state index contributed by atoms with van der Waals surface area (Å²) in [5.74, 6) is -1.10. The zero-order chi connectivity index (χ0) is 14.6. The Kier molecular flexibility index (Phi) is 5.76. The monoisotopic (exact) mass is 292 g/mol. The lowest BCUT2D eigenvalue weighted by molar-refractivity contribution is -0.142. The predicted octanol–water partition coefficient (Wildman–Crippen LogP) is 1.05. The largest absolute Gasteiger partial charge is 0.481 e. The van der Waals surface area contributed by atoms with Gasteiger partial charge in [-0.15, -0.1) is 0 Å². The van der Waals surface area contributed by atoms with Crippen molar-refractivity contribution < 1.29 is 18.3 Å². The van der Waals surface area contributed by atoms with Crippen molar-refractivity contribution in [3.05, 3.63) is 0 Å². The second-order valence-corrected chi connectivity index (χ2v) is 7.39. The molecule has 0 spiro atoms. The molecule has 0 bridgehead atoms. The van der Waals surface area contributed by atoms with Gasteiger partial charge in [-0.1, -0.05) is 13.8 Å². The lowest BCUT2D eigenvalue weighted by Crippen LogP contribution is -2.49. The molecule has 2 unspecified atom stereocenters. The Morgan fingerprint density at radius 1 is 1.42 bits per heavy atom. The molecule has 0 aliphatic carbocycles. The van der Waals surface area contributed by atoms with Gasteiger partial charge < -0.3 is 5.11 Å². The number of nitrogens with one attached hydrogen (secondary N) is 1. The van der Waals surface area contributed by atoms with E-state index in [2.05, 4.69) is 4.72 Å². The molecule has 1 aliphatic rings. The van der Waals surface area contributed by atoms with E-state index in [9.17, 15) is 13.2 Å². The van der Waals surface area contributed by atoms with Gasteiger partial charge >= 0.3 is 5.97 Å². The second-order valence-electron chi connectivity index (χ2n) is 5.69. The third-order valence-corrected chi connectivity index (χ3v) is 4.96. The molecule has 0 amide bonds. The van der Waals surface area contributed by atoms with E-state index >= 15 is 0 Å². The minimum Gasteiger partial charge on any atom is -0.481 e. The van der Waals surface area contributed by atoms with Gasteiger partial charge in [0, 0.05) is 19.1 Å². The summed E-state index contributed by atoms with van der Waals surface area (Å²) in [5.41, 5.74) is 0. The first kappa shape index (κ1) is 16.4. The summed E-state index contributed by atoms with van der Waals surface area (Å²) >= 11 is 0.